The second kappa shape index (κ2) is 9.30. The van der Waals surface area contributed by atoms with Gasteiger partial charge in [-0.25, -0.2) is 14.8 Å². The van der Waals surface area contributed by atoms with E-state index in [2.05, 4.69) is 63.9 Å². The highest BCUT2D eigenvalue weighted by Gasteiger charge is 2.44. The fraction of sp³-hybridized carbons (Fsp3) is 0.304. The van der Waals surface area contributed by atoms with E-state index in [9.17, 15) is 9.59 Å². The third-order valence-electron chi connectivity index (χ3n) is 5.37. The Morgan fingerprint density at radius 2 is 1.97 bits per heavy atom. The zero-order valence-electron chi connectivity index (χ0n) is 18.2. The molecular weight excluding hydrogens is 442 g/mol. The second-order valence-corrected chi connectivity index (χ2v) is 10.3. The fourth-order valence-corrected chi connectivity index (χ4v) is 5.71. The van der Waals surface area contributed by atoms with Crippen LogP contribution in [0.5, 0.6) is 0 Å². The van der Waals surface area contributed by atoms with Crippen molar-refractivity contribution < 1.29 is 9.59 Å². The zero-order valence-corrected chi connectivity index (χ0v) is 19.8. The van der Waals surface area contributed by atoms with Crippen LogP contribution < -0.4 is 10.6 Å². The van der Waals surface area contributed by atoms with Crippen LogP contribution in [0.3, 0.4) is 0 Å². The Bertz CT molecular complexity index is 1140. The molecule has 1 aliphatic heterocycles. The number of aromatic nitrogens is 2. The lowest BCUT2D eigenvalue weighted by Crippen LogP contribution is -2.46. The number of carbonyl (C=O) groups excluding carboxylic acids is 2. The lowest BCUT2D eigenvalue weighted by Gasteiger charge is -2.27. The summed E-state index contributed by atoms with van der Waals surface area (Å²) in [7, 11) is 0. The SMILES string of the molecule is CCc1ccccc1Sc1ccc(-c2ccnc(NCCN3C(=O)NC(=O)C3(C)C)n2)s1. The number of carbonyl (C=O) groups is 2. The Balaban J connectivity index is 1.40. The van der Waals surface area contributed by atoms with Crippen LogP contribution in [0.2, 0.25) is 0 Å². The molecule has 1 fully saturated rings. The summed E-state index contributed by atoms with van der Waals surface area (Å²) in [6.07, 6.45) is 2.73. The third-order valence-corrected chi connectivity index (χ3v) is 7.73. The van der Waals surface area contributed by atoms with Crippen molar-refractivity contribution in [2.75, 3.05) is 18.4 Å². The van der Waals surface area contributed by atoms with Crippen LogP contribution in [0, 0.1) is 0 Å². The largest absolute Gasteiger partial charge is 0.352 e. The van der Waals surface area contributed by atoms with Crippen molar-refractivity contribution in [2.24, 2.45) is 0 Å². The molecule has 3 heterocycles. The second-order valence-electron chi connectivity index (χ2n) is 7.84. The van der Waals surface area contributed by atoms with Crippen LogP contribution in [-0.2, 0) is 11.2 Å². The van der Waals surface area contributed by atoms with E-state index in [1.807, 2.05) is 6.07 Å². The summed E-state index contributed by atoms with van der Waals surface area (Å²) in [6, 6.07) is 14.2. The van der Waals surface area contributed by atoms with Crippen LogP contribution in [0.4, 0.5) is 10.7 Å². The average molecular weight is 468 g/mol. The van der Waals surface area contributed by atoms with Crippen LogP contribution in [-0.4, -0.2) is 45.4 Å². The van der Waals surface area contributed by atoms with Gasteiger partial charge < -0.3 is 10.2 Å². The molecule has 3 aromatic rings. The van der Waals surface area contributed by atoms with E-state index in [4.69, 9.17) is 0 Å². The van der Waals surface area contributed by atoms with Gasteiger partial charge in [0.15, 0.2) is 0 Å². The Morgan fingerprint density at radius 1 is 1.16 bits per heavy atom. The van der Waals surface area contributed by atoms with Crippen molar-refractivity contribution in [1.29, 1.82) is 0 Å². The average Bonchev–Trinajstić information content (AvgIpc) is 3.32. The summed E-state index contributed by atoms with van der Waals surface area (Å²) in [5.74, 6) is 0.207. The number of anilines is 1. The minimum Gasteiger partial charge on any atom is -0.352 e. The van der Waals surface area contributed by atoms with Gasteiger partial charge in [0.05, 0.1) is 14.8 Å². The highest BCUT2D eigenvalue weighted by atomic mass is 32.2. The van der Waals surface area contributed by atoms with Gasteiger partial charge in [-0.2, -0.15) is 0 Å². The van der Waals surface area contributed by atoms with Gasteiger partial charge in [-0.1, -0.05) is 36.9 Å². The zero-order chi connectivity index (χ0) is 22.7. The van der Waals surface area contributed by atoms with E-state index >= 15 is 0 Å². The van der Waals surface area contributed by atoms with Gasteiger partial charge >= 0.3 is 6.03 Å². The number of hydrogen-bond donors (Lipinski definition) is 2. The lowest BCUT2D eigenvalue weighted by atomic mass is 10.0. The molecular formula is C23H25N5O2S2. The van der Waals surface area contributed by atoms with Gasteiger partial charge in [-0.3, -0.25) is 10.1 Å². The quantitative estimate of drug-likeness (QED) is 0.469. The van der Waals surface area contributed by atoms with E-state index in [1.54, 1.807) is 43.1 Å². The maximum atomic E-state index is 12.0. The Morgan fingerprint density at radius 3 is 2.72 bits per heavy atom. The molecule has 0 atom stereocenters. The van der Waals surface area contributed by atoms with E-state index in [1.165, 1.54) is 19.6 Å². The minimum atomic E-state index is -0.858. The van der Waals surface area contributed by atoms with Crippen LogP contribution in [0.15, 0.2) is 57.8 Å². The predicted molar refractivity (Wildman–Crippen MR) is 128 cm³/mol. The number of amides is 3. The van der Waals surface area contributed by atoms with Gasteiger partial charge in [0.25, 0.3) is 5.91 Å². The molecule has 0 aliphatic carbocycles. The van der Waals surface area contributed by atoms with E-state index in [0.29, 0.717) is 19.0 Å². The van der Waals surface area contributed by atoms with Crippen molar-refractivity contribution in [3.05, 3.63) is 54.2 Å². The highest BCUT2D eigenvalue weighted by molar-refractivity contribution is 8.01. The molecule has 0 spiro atoms. The van der Waals surface area contributed by atoms with E-state index in [-0.39, 0.29) is 11.9 Å². The molecule has 32 heavy (non-hydrogen) atoms. The maximum Gasteiger partial charge on any atom is 0.325 e. The number of thiophene rings is 1. The number of imide groups is 1. The van der Waals surface area contributed by atoms with Crippen molar-refractivity contribution in [3.8, 4) is 10.6 Å². The fourth-order valence-electron chi connectivity index (χ4n) is 3.45. The number of rotatable bonds is 8. The summed E-state index contributed by atoms with van der Waals surface area (Å²) in [5.41, 5.74) is 1.33. The topological polar surface area (TPSA) is 87.2 Å². The summed E-state index contributed by atoms with van der Waals surface area (Å²) in [5, 5.41) is 5.51. The third kappa shape index (κ3) is 4.63. The first-order chi connectivity index (χ1) is 15.4. The maximum absolute atomic E-state index is 12.0. The summed E-state index contributed by atoms with van der Waals surface area (Å²) in [6.45, 7) is 6.44. The van der Waals surface area contributed by atoms with Crippen molar-refractivity contribution in [1.82, 2.24) is 20.2 Å². The molecule has 1 saturated heterocycles. The number of benzene rings is 1. The molecule has 4 rings (SSSR count). The Hall–Kier alpha value is -2.91. The molecule has 2 aromatic heterocycles. The predicted octanol–water partition coefficient (Wildman–Crippen LogP) is 4.66. The molecule has 1 aliphatic rings. The lowest BCUT2D eigenvalue weighted by molar-refractivity contribution is -0.125. The normalized spacial score (nSPS) is 15.2. The molecule has 0 bridgehead atoms. The molecule has 1 aromatic carbocycles. The molecule has 166 valence electrons. The van der Waals surface area contributed by atoms with E-state index in [0.717, 1.165) is 17.0 Å². The number of urea groups is 1. The monoisotopic (exact) mass is 467 g/mol. The summed E-state index contributed by atoms with van der Waals surface area (Å²) < 4.78 is 1.21. The number of hydrogen-bond acceptors (Lipinski definition) is 7. The summed E-state index contributed by atoms with van der Waals surface area (Å²) >= 11 is 3.47. The first kappa shape index (κ1) is 22.3. The van der Waals surface area contributed by atoms with Crippen LogP contribution >= 0.6 is 23.1 Å². The first-order valence-corrected chi connectivity index (χ1v) is 12.1. The highest BCUT2D eigenvalue weighted by Crippen LogP contribution is 2.38. The standard InChI is InChI=1S/C23H25N5O2S2/c1-4-15-7-5-6-8-17(15)31-19-10-9-18(32-19)16-11-12-24-21(26-16)25-13-14-28-22(30)27-20(29)23(28,2)3/h5-12H,4,13-14H2,1-3H3,(H,24,25,26)(H,27,29,30). The Labute approximate surface area is 195 Å². The molecule has 9 heteroatoms. The van der Waals surface area contributed by atoms with Crippen LogP contribution in [0.1, 0.15) is 26.3 Å². The Kier molecular flexibility index (Phi) is 6.48. The molecule has 7 nitrogen and oxygen atoms in total. The molecule has 0 saturated carbocycles. The van der Waals surface area contributed by atoms with E-state index < -0.39 is 5.54 Å². The summed E-state index contributed by atoms with van der Waals surface area (Å²) in [4.78, 5) is 36.6. The van der Waals surface area contributed by atoms with Gasteiger partial charge in [0, 0.05) is 24.2 Å². The first-order valence-electron chi connectivity index (χ1n) is 10.4. The van der Waals surface area contributed by atoms with Gasteiger partial charge in [-0.15, -0.1) is 11.3 Å². The minimum absolute atomic E-state index is 0.284. The molecule has 0 unspecified atom stereocenters. The van der Waals surface area contributed by atoms with Crippen LogP contribution in [0.25, 0.3) is 10.6 Å². The molecule has 3 amide bonds. The smallest absolute Gasteiger partial charge is 0.325 e. The van der Waals surface area contributed by atoms with Gasteiger partial charge in [0.1, 0.15) is 5.54 Å². The molecule has 2 N–H and O–H groups in total. The number of aryl methyl sites for hydroxylation is 1. The van der Waals surface area contributed by atoms with Gasteiger partial charge in [0.2, 0.25) is 5.95 Å². The molecule has 0 radical (unpaired) electrons. The van der Waals surface area contributed by atoms with Gasteiger partial charge in [-0.05, 0) is 50.1 Å². The van der Waals surface area contributed by atoms with Crippen molar-refractivity contribution >= 4 is 41.0 Å². The number of nitrogens with zero attached hydrogens (tertiary/aromatic N) is 3. The number of nitrogens with one attached hydrogen (secondary N) is 2. The van der Waals surface area contributed by atoms with Crippen molar-refractivity contribution in [3.63, 3.8) is 0 Å². The van der Waals surface area contributed by atoms with Crippen molar-refractivity contribution in [2.45, 2.75) is 41.8 Å².